The average Bonchev–Trinajstić information content (AvgIpc) is 2.50. The number of ether oxygens (including phenoxy) is 1. The summed E-state index contributed by atoms with van der Waals surface area (Å²) in [7, 11) is 2.08. The first-order valence-corrected chi connectivity index (χ1v) is 8.31. The second-order valence-electron chi connectivity index (χ2n) is 6.62. The van der Waals surface area contributed by atoms with Gasteiger partial charge in [0.05, 0.1) is 18.8 Å². The number of hydrogen-bond acceptors (Lipinski definition) is 4. The largest absolute Gasteiger partial charge is 0.374 e. The minimum atomic E-state index is -0.437. The molecule has 0 saturated carbocycles. The molecule has 0 aromatic carbocycles. The Morgan fingerprint density at radius 1 is 1.36 bits per heavy atom. The smallest absolute Gasteiger partial charge is 0.245 e. The number of nitrogens with one attached hydrogen (secondary N) is 1. The van der Waals surface area contributed by atoms with E-state index in [-0.39, 0.29) is 29.9 Å². The monoisotopic (exact) mass is 311 g/mol. The summed E-state index contributed by atoms with van der Waals surface area (Å²) in [5.74, 6) is 0.0152. The zero-order valence-corrected chi connectivity index (χ0v) is 14.2. The molecule has 2 rings (SSSR count). The van der Waals surface area contributed by atoms with Gasteiger partial charge in [-0.3, -0.25) is 9.59 Å². The van der Waals surface area contributed by atoms with Crippen LogP contribution in [0.15, 0.2) is 0 Å². The van der Waals surface area contributed by atoms with Crippen LogP contribution in [0, 0.1) is 5.92 Å². The molecular formula is C16H29N3O3. The van der Waals surface area contributed by atoms with E-state index in [4.69, 9.17) is 4.74 Å². The van der Waals surface area contributed by atoms with E-state index in [1.165, 1.54) is 6.92 Å². The molecule has 2 amide bonds. The third kappa shape index (κ3) is 3.79. The summed E-state index contributed by atoms with van der Waals surface area (Å²) in [6, 6.07) is -0.339. The van der Waals surface area contributed by atoms with Crippen LogP contribution in [0.3, 0.4) is 0 Å². The first kappa shape index (κ1) is 17.2. The molecule has 2 unspecified atom stereocenters. The van der Waals surface area contributed by atoms with Crippen LogP contribution in [0.25, 0.3) is 0 Å². The molecule has 0 aliphatic carbocycles. The van der Waals surface area contributed by atoms with Crippen LogP contribution in [0.5, 0.6) is 0 Å². The molecule has 0 radical (unpaired) electrons. The maximum atomic E-state index is 13.0. The fourth-order valence-electron chi connectivity index (χ4n) is 3.38. The summed E-state index contributed by atoms with van der Waals surface area (Å²) < 4.78 is 5.85. The molecular weight excluding hydrogens is 282 g/mol. The number of likely N-dealkylation sites (tertiary alicyclic amines) is 1. The Labute approximate surface area is 133 Å². The fraction of sp³-hybridized carbons (Fsp3) is 0.875. The van der Waals surface area contributed by atoms with E-state index in [1.807, 2.05) is 18.7 Å². The van der Waals surface area contributed by atoms with Crippen molar-refractivity contribution in [3.05, 3.63) is 0 Å². The average molecular weight is 311 g/mol. The summed E-state index contributed by atoms with van der Waals surface area (Å²) in [5.41, 5.74) is 0. The van der Waals surface area contributed by atoms with Crippen molar-refractivity contribution in [2.75, 3.05) is 33.3 Å². The van der Waals surface area contributed by atoms with Crippen LogP contribution in [0.2, 0.25) is 0 Å². The highest BCUT2D eigenvalue weighted by Gasteiger charge is 2.41. The minimum Gasteiger partial charge on any atom is -0.374 e. The molecule has 2 heterocycles. The molecule has 1 N–H and O–H groups in total. The van der Waals surface area contributed by atoms with Crippen molar-refractivity contribution in [3.8, 4) is 0 Å². The Hall–Kier alpha value is -1.14. The van der Waals surface area contributed by atoms with Crippen molar-refractivity contribution in [2.24, 2.45) is 5.92 Å². The van der Waals surface area contributed by atoms with Crippen LogP contribution in [0.1, 0.15) is 33.6 Å². The summed E-state index contributed by atoms with van der Waals surface area (Å²) in [5, 5.41) is 2.85. The van der Waals surface area contributed by atoms with Crippen LogP contribution in [0.4, 0.5) is 0 Å². The van der Waals surface area contributed by atoms with E-state index in [0.717, 1.165) is 25.9 Å². The first-order chi connectivity index (χ1) is 10.4. The van der Waals surface area contributed by atoms with Gasteiger partial charge in [0.25, 0.3) is 0 Å². The summed E-state index contributed by atoms with van der Waals surface area (Å²) in [6.45, 7) is 8.57. The van der Waals surface area contributed by atoms with E-state index < -0.39 is 6.04 Å². The normalized spacial score (nSPS) is 28.6. The fourth-order valence-corrected chi connectivity index (χ4v) is 3.38. The second-order valence-corrected chi connectivity index (χ2v) is 6.62. The van der Waals surface area contributed by atoms with Crippen molar-refractivity contribution in [3.63, 3.8) is 0 Å². The zero-order valence-electron chi connectivity index (χ0n) is 14.2. The van der Waals surface area contributed by atoms with Crippen molar-refractivity contribution in [1.29, 1.82) is 0 Å². The van der Waals surface area contributed by atoms with Crippen LogP contribution >= 0.6 is 0 Å². The Balaban J connectivity index is 2.14. The van der Waals surface area contributed by atoms with Crippen LogP contribution in [-0.4, -0.2) is 73.1 Å². The SMILES string of the molecule is CC[C@H](C)[C@H](NC(C)=O)C(=O)N1CCOC2CCN(C)CC21. The highest BCUT2D eigenvalue weighted by Crippen LogP contribution is 2.24. The molecule has 0 aromatic rings. The van der Waals surface area contributed by atoms with Gasteiger partial charge in [0, 0.05) is 26.6 Å². The number of likely N-dealkylation sites (N-methyl/N-ethyl adjacent to an activating group) is 1. The van der Waals surface area contributed by atoms with E-state index >= 15 is 0 Å². The Bertz CT molecular complexity index is 415. The third-order valence-corrected chi connectivity index (χ3v) is 4.91. The van der Waals surface area contributed by atoms with Gasteiger partial charge in [-0.25, -0.2) is 0 Å². The molecule has 6 heteroatoms. The van der Waals surface area contributed by atoms with Crippen molar-refractivity contribution >= 4 is 11.8 Å². The molecule has 2 aliphatic heterocycles. The maximum Gasteiger partial charge on any atom is 0.245 e. The van der Waals surface area contributed by atoms with Gasteiger partial charge in [0.2, 0.25) is 11.8 Å². The van der Waals surface area contributed by atoms with Crippen molar-refractivity contribution < 1.29 is 14.3 Å². The van der Waals surface area contributed by atoms with Gasteiger partial charge >= 0.3 is 0 Å². The second kappa shape index (κ2) is 7.42. The molecule has 6 nitrogen and oxygen atoms in total. The van der Waals surface area contributed by atoms with Crippen molar-refractivity contribution in [2.45, 2.75) is 51.8 Å². The van der Waals surface area contributed by atoms with Gasteiger partial charge in [-0.05, 0) is 19.4 Å². The molecule has 126 valence electrons. The molecule has 2 aliphatic rings. The number of amides is 2. The summed E-state index contributed by atoms with van der Waals surface area (Å²) in [4.78, 5) is 28.7. The number of fused-ring (bicyclic) bond motifs is 1. The predicted molar refractivity (Wildman–Crippen MR) is 84.4 cm³/mol. The molecule has 2 fully saturated rings. The predicted octanol–water partition coefficient (Wildman–Crippen LogP) is 0.469. The molecule has 2 saturated heterocycles. The lowest BCUT2D eigenvalue weighted by molar-refractivity contribution is -0.156. The number of carbonyl (C=O) groups is 2. The van der Waals surface area contributed by atoms with E-state index in [9.17, 15) is 9.59 Å². The summed E-state index contributed by atoms with van der Waals surface area (Å²) >= 11 is 0. The molecule has 22 heavy (non-hydrogen) atoms. The van der Waals surface area contributed by atoms with Gasteiger partial charge in [-0.15, -0.1) is 0 Å². The highest BCUT2D eigenvalue weighted by atomic mass is 16.5. The van der Waals surface area contributed by atoms with Gasteiger partial charge in [-0.1, -0.05) is 20.3 Å². The van der Waals surface area contributed by atoms with E-state index in [0.29, 0.717) is 13.2 Å². The Morgan fingerprint density at radius 3 is 2.73 bits per heavy atom. The van der Waals surface area contributed by atoms with Crippen LogP contribution < -0.4 is 5.32 Å². The standard InChI is InChI=1S/C16H29N3O3/c1-5-11(2)15(17-12(3)20)16(21)19-8-9-22-14-6-7-18(4)10-13(14)19/h11,13-15H,5-10H2,1-4H3,(H,17,20)/t11-,13?,14?,15-/m0/s1. The van der Waals surface area contributed by atoms with Crippen molar-refractivity contribution in [1.82, 2.24) is 15.1 Å². The minimum absolute atomic E-state index is 0.0400. The number of piperidine rings is 1. The first-order valence-electron chi connectivity index (χ1n) is 8.31. The Kier molecular flexibility index (Phi) is 5.81. The van der Waals surface area contributed by atoms with Gasteiger partial charge in [-0.2, -0.15) is 0 Å². The topological polar surface area (TPSA) is 61.9 Å². The Morgan fingerprint density at radius 2 is 2.09 bits per heavy atom. The lowest BCUT2D eigenvalue weighted by Gasteiger charge is -2.47. The number of hydrogen-bond donors (Lipinski definition) is 1. The molecule has 0 aromatic heterocycles. The highest BCUT2D eigenvalue weighted by molar-refractivity contribution is 5.87. The van der Waals surface area contributed by atoms with E-state index in [1.54, 1.807) is 0 Å². The van der Waals surface area contributed by atoms with E-state index in [2.05, 4.69) is 17.3 Å². The van der Waals surface area contributed by atoms with Gasteiger partial charge < -0.3 is 19.9 Å². The van der Waals surface area contributed by atoms with Gasteiger partial charge in [0.1, 0.15) is 6.04 Å². The zero-order chi connectivity index (χ0) is 16.3. The quantitative estimate of drug-likeness (QED) is 0.820. The number of morpholine rings is 1. The number of carbonyl (C=O) groups excluding carboxylic acids is 2. The number of rotatable bonds is 4. The molecule has 4 atom stereocenters. The number of nitrogens with zero attached hydrogens (tertiary/aromatic N) is 2. The molecule has 0 spiro atoms. The summed E-state index contributed by atoms with van der Waals surface area (Å²) in [6.07, 6.45) is 1.94. The maximum absolute atomic E-state index is 13.0. The third-order valence-electron chi connectivity index (χ3n) is 4.91. The lowest BCUT2D eigenvalue weighted by Crippen LogP contribution is -2.64. The molecule has 0 bridgehead atoms. The van der Waals surface area contributed by atoms with Gasteiger partial charge in [0.15, 0.2) is 0 Å². The van der Waals surface area contributed by atoms with Crippen LogP contribution in [-0.2, 0) is 14.3 Å². The lowest BCUT2D eigenvalue weighted by atomic mass is 9.94.